The summed E-state index contributed by atoms with van der Waals surface area (Å²) in [6.07, 6.45) is 1.20. The van der Waals surface area contributed by atoms with E-state index in [-0.39, 0.29) is 0 Å². The standard InChI is InChI=1S/C14H18N2O4/c1-9-5-6-12(20-2)10(8-9)15-14(19)16-7-3-4-11(16)13(17)18/h5-6,8,11H,3-4,7H2,1-2H3,(H,15,19)(H,17,18)/t11-/m1/s1. The summed E-state index contributed by atoms with van der Waals surface area (Å²) >= 11 is 0. The summed E-state index contributed by atoms with van der Waals surface area (Å²) in [5.74, 6) is -0.413. The molecule has 1 atom stereocenters. The van der Waals surface area contributed by atoms with Gasteiger partial charge in [-0.05, 0) is 37.5 Å². The van der Waals surface area contributed by atoms with E-state index < -0.39 is 18.0 Å². The van der Waals surface area contributed by atoms with Gasteiger partial charge in [0.25, 0.3) is 0 Å². The van der Waals surface area contributed by atoms with Crippen LogP contribution >= 0.6 is 0 Å². The van der Waals surface area contributed by atoms with Gasteiger partial charge < -0.3 is 20.1 Å². The molecule has 1 heterocycles. The Hall–Kier alpha value is -2.24. The Morgan fingerprint density at radius 3 is 2.85 bits per heavy atom. The third-order valence-corrected chi connectivity index (χ3v) is 3.40. The second-order valence-electron chi connectivity index (χ2n) is 4.82. The molecule has 20 heavy (non-hydrogen) atoms. The van der Waals surface area contributed by atoms with Crippen molar-refractivity contribution in [1.29, 1.82) is 0 Å². The zero-order chi connectivity index (χ0) is 14.7. The van der Waals surface area contributed by atoms with E-state index in [2.05, 4.69) is 5.32 Å². The molecule has 0 aromatic heterocycles. The second-order valence-corrected chi connectivity index (χ2v) is 4.82. The molecule has 0 spiro atoms. The molecule has 1 aromatic carbocycles. The molecule has 108 valence electrons. The van der Waals surface area contributed by atoms with Crippen LogP contribution in [-0.4, -0.2) is 41.7 Å². The molecule has 0 unspecified atom stereocenters. The highest BCUT2D eigenvalue weighted by Crippen LogP contribution is 2.26. The van der Waals surface area contributed by atoms with Gasteiger partial charge in [-0.1, -0.05) is 6.07 Å². The number of aryl methyl sites for hydroxylation is 1. The minimum Gasteiger partial charge on any atom is -0.495 e. The number of likely N-dealkylation sites (tertiary alicyclic amines) is 1. The van der Waals surface area contributed by atoms with Crippen molar-refractivity contribution in [2.75, 3.05) is 19.0 Å². The first-order valence-electron chi connectivity index (χ1n) is 6.48. The average Bonchev–Trinajstić information content (AvgIpc) is 2.88. The van der Waals surface area contributed by atoms with Crippen LogP contribution in [0.15, 0.2) is 18.2 Å². The maximum atomic E-state index is 12.2. The minimum absolute atomic E-state index is 0.404. The zero-order valence-corrected chi connectivity index (χ0v) is 11.5. The monoisotopic (exact) mass is 278 g/mol. The molecule has 0 aliphatic carbocycles. The molecule has 6 heteroatoms. The zero-order valence-electron chi connectivity index (χ0n) is 11.5. The molecule has 0 radical (unpaired) electrons. The first-order chi connectivity index (χ1) is 9.52. The fourth-order valence-electron chi connectivity index (χ4n) is 2.37. The van der Waals surface area contributed by atoms with E-state index in [4.69, 9.17) is 9.84 Å². The van der Waals surface area contributed by atoms with E-state index in [1.165, 1.54) is 12.0 Å². The number of aliphatic carboxylic acids is 1. The Morgan fingerprint density at radius 2 is 2.20 bits per heavy atom. The van der Waals surface area contributed by atoms with Crippen molar-refractivity contribution in [1.82, 2.24) is 4.90 Å². The molecule has 1 aromatic rings. The number of benzene rings is 1. The van der Waals surface area contributed by atoms with Crippen LogP contribution < -0.4 is 10.1 Å². The van der Waals surface area contributed by atoms with Gasteiger partial charge in [0.15, 0.2) is 0 Å². The van der Waals surface area contributed by atoms with Crippen LogP contribution in [0, 0.1) is 6.92 Å². The van der Waals surface area contributed by atoms with Gasteiger partial charge in [0.05, 0.1) is 12.8 Å². The molecule has 2 rings (SSSR count). The van der Waals surface area contributed by atoms with Crippen LogP contribution in [-0.2, 0) is 4.79 Å². The molecule has 0 bridgehead atoms. The number of methoxy groups -OCH3 is 1. The van der Waals surface area contributed by atoms with Crippen LogP contribution in [0.2, 0.25) is 0 Å². The lowest BCUT2D eigenvalue weighted by atomic mass is 10.2. The highest BCUT2D eigenvalue weighted by atomic mass is 16.5. The fraction of sp³-hybridized carbons (Fsp3) is 0.429. The molecule has 0 saturated carbocycles. The van der Waals surface area contributed by atoms with Crippen LogP contribution in [0.1, 0.15) is 18.4 Å². The first-order valence-corrected chi connectivity index (χ1v) is 6.48. The summed E-state index contributed by atoms with van der Waals surface area (Å²) in [5, 5.41) is 11.8. The smallest absolute Gasteiger partial charge is 0.326 e. The summed E-state index contributed by atoms with van der Waals surface area (Å²) in [7, 11) is 1.52. The summed E-state index contributed by atoms with van der Waals surface area (Å²) < 4.78 is 5.19. The number of carboxylic acids is 1. The van der Waals surface area contributed by atoms with Gasteiger partial charge in [-0.3, -0.25) is 0 Å². The van der Waals surface area contributed by atoms with Gasteiger partial charge in [0.1, 0.15) is 11.8 Å². The number of carbonyl (C=O) groups is 2. The number of hydrogen-bond acceptors (Lipinski definition) is 3. The van der Waals surface area contributed by atoms with Crippen molar-refractivity contribution < 1.29 is 19.4 Å². The van der Waals surface area contributed by atoms with Gasteiger partial charge in [-0.2, -0.15) is 0 Å². The van der Waals surface area contributed by atoms with Crippen LogP contribution in [0.25, 0.3) is 0 Å². The third kappa shape index (κ3) is 2.84. The lowest BCUT2D eigenvalue weighted by Gasteiger charge is -2.22. The second kappa shape index (κ2) is 5.81. The molecule has 1 saturated heterocycles. The highest BCUT2D eigenvalue weighted by Gasteiger charge is 2.34. The number of nitrogens with zero attached hydrogens (tertiary/aromatic N) is 1. The maximum absolute atomic E-state index is 12.2. The molecule has 2 amide bonds. The number of carbonyl (C=O) groups excluding carboxylic acids is 1. The van der Waals surface area contributed by atoms with Crippen LogP contribution in [0.3, 0.4) is 0 Å². The van der Waals surface area contributed by atoms with E-state index in [9.17, 15) is 9.59 Å². The number of rotatable bonds is 3. The number of amides is 2. The number of hydrogen-bond donors (Lipinski definition) is 2. The lowest BCUT2D eigenvalue weighted by molar-refractivity contribution is -0.141. The topological polar surface area (TPSA) is 78.9 Å². The minimum atomic E-state index is -0.964. The Labute approximate surface area is 117 Å². The molecular weight excluding hydrogens is 260 g/mol. The number of nitrogens with one attached hydrogen (secondary N) is 1. The summed E-state index contributed by atoms with van der Waals surface area (Å²) in [6, 6.07) is 4.29. The molecule has 2 N–H and O–H groups in total. The molecule has 1 fully saturated rings. The number of anilines is 1. The first kappa shape index (κ1) is 14.2. The molecule has 1 aliphatic heterocycles. The Morgan fingerprint density at radius 1 is 1.45 bits per heavy atom. The lowest BCUT2D eigenvalue weighted by Crippen LogP contribution is -2.42. The largest absolute Gasteiger partial charge is 0.495 e. The van der Waals surface area contributed by atoms with Crippen molar-refractivity contribution in [3.05, 3.63) is 23.8 Å². The Bertz CT molecular complexity index is 530. The average molecular weight is 278 g/mol. The normalized spacial score (nSPS) is 17.9. The van der Waals surface area contributed by atoms with Gasteiger partial charge in [0, 0.05) is 6.54 Å². The fourth-order valence-corrected chi connectivity index (χ4v) is 2.37. The van der Waals surface area contributed by atoms with Crippen molar-refractivity contribution >= 4 is 17.7 Å². The van der Waals surface area contributed by atoms with Gasteiger partial charge >= 0.3 is 12.0 Å². The van der Waals surface area contributed by atoms with Crippen LogP contribution in [0.4, 0.5) is 10.5 Å². The predicted molar refractivity (Wildman–Crippen MR) is 74.1 cm³/mol. The van der Waals surface area contributed by atoms with E-state index >= 15 is 0 Å². The Kier molecular flexibility index (Phi) is 4.12. The van der Waals surface area contributed by atoms with Gasteiger partial charge in [-0.15, -0.1) is 0 Å². The van der Waals surface area contributed by atoms with Crippen LogP contribution in [0.5, 0.6) is 5.75 Å². The van der Waals surface area contributed by atoms with Gasteiger partial charge in [-0.25, -0.2) is 9.59 Å². The summed E-state index contributed by atoms with van der Waals surface area (Å²) in [4.78, 5) is 24.7. The quantitative estimate of drug-likeness (QED) is 0.887. The van der Waals surface area contributed by atoms with Crippen molar-refractivity contribution in [2.45, 2.75) is 25.8 Å². The molecular formula is C14H18N2O4. The number of ether oxygens (including phenoxy) is 1. The van der Waals surface area contributed by atoms with Crippen molar-refractivity contribution in [2.24, 2.45) is 0 Å². The van der Waals surface area contributed by atoms with E-state index in [0.717, 1.165) is 5.56 Å². The van der Waals surface area contributed by atoms with Crippen molar-refractivity contribution in [3.63, 3.8) is 0 Å². The highest BCUT2D eigenvalue weighted by molar-refractivity contribution is 5.94. The van der Waals surface area contributed by atoms with E-state index in [0.29, 0.717) is 30.8 Å². The van der Waals surface area contributed by atoms with E-state index in [1.54, 1.807) is 12.1 Å². The predicted octanol–water partition coefficient (Wildman–Crippen LogP) is 2.08. The molecule has 6 nitrogen and oxygen atoms in total. The number of urea groups is 1. The van der Waals surface area contributed by atoms with E-state index in [1.807, 2.05) is 13.0 Å². The summed E-state index contributed by atoms with van der Waals surface area (Å²) in [6.45, 7) is 2.36. The molecule has 1 aliphatic rings. The number of carboxylic acid groups (broad SMARTS) is 1. The SMILES string of the molecule is COc1ccc(C)cc1NC(=O)N1CCC[C@@H]1C(=O)O. The van der Waals surface area contributed by atoms with Gasteiger partial charge in [0.2, 0.25) is 0 Å². The van der Waals surface area contributed by atoms with Crippen molar-refractivity contribution in [3.8, 4) is 5.75 Å². The maximum Gasteiger partial charge on any atom is 0.326 e. The summed E-state index contributed by atoms with van der Waals surface area (Å²) in [5.41, 5.74) is 1.53. The third-order valence-electron chi connectivity index (χ3n) is 3.40. The Balaban J connectivity index is 2.15.